The molecule has 0 unspecified atom stereocenters. The van der Waals surface area contributed by atoms with Gasteiger partial charge in [0.2, 0.25) is 0 Å². The summed E-state index contributed by atoms with van der Waals surface area (Å²) in [4.78, 5) is 26.5. The molecule has 0 saturated heterocycles. The van der Waals surface area contributed by atoms with Crippen molar-refractivity contribution >= 4 is 17.7 Å². The Morgan fingerprint density at radius 1 is 0.870 bits per heavy atom. The molecular formula is C18H17NO4. The van der Waals surface area contributed by atoms with Crippen molar-refractivity contribution in [2.75, 3.05) is 0 Å². The van der Waals surface area contributed by atoms with Gasteiger partial charge in [0.1, 0.15) is 6.04 Å². The standard InChI is InChI=1S/C18H17NO4/c20-16(21)12-11-15(18(22)23)19-17(13-7-3-1-4-8-13)14-9-5-2-6-10-14/h1-10,15H,11-12H2,(H,20,21)(H,22,23)/t15-/m0/s1. The summed E-state index contributed by atoms with van der Waals surface area (Å²) in [5, 5.41) is 18.1. The highest BCUT2D eigenvalue weighted by atomic mass is 16.4. The Hall–Kier alpha value is -2.95. The molecule has 5 nitrogen and oxygen atoms in total. The number of carboxylic acids is 2. The van der Waals surface area contributed by atoms with E-state index in [1.54, 1.807) is 0 Å². The maximum atomic E-state index is 11.4. The Balaban J connectivity index is 2.43. The molecule has 2 aromatic rings. The number of carboxylic acid groups (broad SMARTS) is 2. The zero-order chi connectivity index (χ0) is 16.7. The predicted octanol–water partition coefficient (Wildman–Crippen LogP) is 2.84. The van der Waals surface area contributed by atoms with Crippen molar-refractivity contribution in [1.29, 1.82) is 0 Å². The number of aliphatic carboxylic acids is 2. The van der Waals surface area contributed by atoms with Gasteiger partial charge in [-0.05, 0) is 6.42 Å². The van der Waals surface area contributed by atoms with E-state index in [2.05, 4.69) is 4.99 Å². The van der Waals surface area contributed by atoms with Crippen molar-refractivity contribution in [2.45, 2.75) is 18.9 Å². The molecule has 118 valence electrons. The Bertz CT molecular complexity index is 654. The van der Waals surface area contributed by atoms with Crippen molar-refractivity contribution in [3.63, 3.8) is 0 Å². The van der Waals surface area contributed by atoms with Gasteiger partial charge in [0.05, 0.1) is 5.71 Å². The highest BCUT2D eigenvalue weighted by Crippen LogP contribution is 2.14. The fourth-order valence-corrected chi connectivity index (χ4v) is 2.17. The van der Waals surface area contributed by atoms with Crippen LogP contribution in [0.25, 0.3) is 0 Å². The first-order valence-corrected chi connectivity index (χ1v) is 7.21. The second kappa shape index (κ2) is 7.89. The molecule has 2 rings (SSSR count). The second-order valence-electron chi connectivity index (χ2n) is 5.00. The third-order valence-electron chi connectivity index (χ3n) is 3.30. The Morgan fingerprint density at radius 3 is 1.74 bits per heavy atom. The van der Waals surface area contributed by atoms with Crippen LogP contribution in [0.5, 0.6) is 0 Å². The number of aliphatic imine (C=N–C) groups is 1. The number of hydrogen-bond acceptors (Lipinski definition) is 3. The molecule has 0 saturated carbocycles. The zero-order valence-electron chi connectivity index (χ0n) is 12.4. The molecule has 0 fully saturated rings. The van der Waals surface area contributed by atoms with E-state index in [0.717, 1.165) is 11.1 Å². The largest absolute Gasteiger partial charge is 0.481 e. The summed E-state index contributed by atoms with van der Waals surface area (Å²) in [5.41, 5.74) is 2.13. The van der Waals surface area contributed by atoms with Gasteiger partial charge in [0.25, 0.3) is 0 Å². The van der Waals surface area contributed by atoms with Crippen molar-refractivity contribution < 1.29 is 19.8 Å². The van der Waals surface area contributed by atoms with E-state index in [1.807, 2.05) is 60.7 Å². The molecular weight excluding hydrogens is 294 g/mol. The van der Waals surface area contributed by atoms with E-state index in [4.69, 9.17) is 5.11 Å². The lowest BCUT2D eigenvalue weighted by Gasteiger charge is -2.12. The fraction of sp³-hybridized carbons (Fsp3) is 0.167. The molecule has 0 spiro atoms. The Morgan fingerprint density at radius 2 is 1.35 bits per heavy atom. The minimum absolute atomic E-state index is 0.0478. The molecule has 23 heavy (non-hydrogen) atoms. The molecule has 0 aliphatic carbocycles. The van der Waals surface area contributed by atoms with Crippen molar-refractivity contribution in [2.24, 2.45) is 4.99 Å². The van der Waals surface area contributed by atoms with E-state index in [9.17, 15) is 14.7 Å². The third-order valence-corrected chi connectivity index (χ3v) is 3.30. The Labute approximate surface area is 133 Å². The zero-order valence-corrected chi connectivity index (χ0v) is 12.4. The predicted molar refractivity (Wildman–Crippen MR) is 86.8 cm³/mol. The summed E-state index contributed by atoms with van der Waals surface area (Å²) in [6.07, 6.45) is -0.287. The SMILES string of the molecule is O=C(O)CC[C@H](N=C(c1ccccc1)c1ccccc1)C(=O)O. The maximum absolute atomic E-state index is 11.4. The van der Waals surface area contributed by atoms with Crippen LogP contribution >= 0.6 is 0 Å². The molecule has 0 aliphatic heterocycles. The first kappa shape index (κ1) is 16.4. The molecule has 0 bridgehead atoms. The van der Waals surface area contributed by atoms with Gasteiger partial charge in [-0.15, -0.1) is 0 Å². The van der Waals surface area contributed by atoms with Gasteiger partial charge in [-0.1, -0.05) is 60.7 Å². The quantitative estimate of drug-likeness (QED) is 0.770. The minimum atomic E-state index is -1.13. The van der Waals surface area contributed by atoms with Crippen molar-refractivity contribution in [3.8, 4) is 0 Å². The van der Waals surface area contributed by atoms with Crippen molar-refractivity contribution in [3.05, 3.63) is 71.8 Å². The highest BCUT2D eigenvalue weighted by molar-refractivity contribution is 6.13. The van der Waals surface area contributed by atoms with Gasteiger partial charge in [-0.2, -0.15) is 0 Å². The summed E-state index contributed by atoms with van der Waals surface area (Å²) < 4.78 is 0. The number of carbonyl (C=O) groups is 2. The molecule has 2 N–H and O–H groups in total. The van der Waals surface area contributed by atoms with Crippen LogP contribution in [0.4, 0.5) is 0 Å². The molecule has 1 atom stereocenters. The van der Waals surface area contributed by atoms with Gasteiger partial charge in [0.15, 0.2) is 0 Å². The van der Waals surface area contributed by atoms with Gasteiger partial charge in [-0.25, -0.2) is 4.79 Å². The van der Waals surface area contributed by atoms with Crippen LogP contribution in [0.3, 0.4) is 0 Å². The van der Waals surface area contributed by atoms with Crippen LogP contribution in [0.1, 0.15) is 24.0 Å². The first-order valence-electron chi connectivity index (χ1n) is 7.21. The summed E-state index contributed by atoms with van der Waals surface area (Å²) in [7, 11) is 0. The lowest BCUT2D eigenvalue weighted by atomic mass is 10.0. The summed E-state index contributed by atoms with van der Waals surface area (Å²) in [6, 6.07) is 17.4. The molecule has 2 aromatic carbocycles. The number of rotatable bonds is 7. The summed E-state index contributed by atoms with van der Waals surface area (Å²) in [6.45, 7) is 0. The summed E-state index contributed by atoms with van der Waals surface area (Å²) in [5.74, 6) is -2.16. The molecule has 0 radical (unpaired) electrons. The van der Waals surface area contributed by atoms with Crippen LogP contribution in [-0.2, 0) is 9.59 Å². The third kappa shape index (κ3) is 4.78. The van der Waals surface area contributed by atoms with E-state index >= 15 is 0 Å². The number of nitrogens with zero attached hydrogens (tertiary/aromatic N) is 1. The lowest BCUT2D eigenvalue weighted by Crippen LogP contribution is -2.22. The van der Waals surface area contributed by atoms with Crippen LogP contribution in [0.2, 0.25) is 0 Å². The van der Waals surface area contributed by atoms with Crippen LogP contribution in [0.15, 0.2) is 65.7 Å². The monoisotopic (exact) mass is 311 g/mol. The topological polar surface area (TPSA) is 87.0 Å². The van der Waals surface area contributed by atoms with E-state index in [0.29, 0.717) is 5.71 Å². The number of hydrogen-bond donors (Lipinski definition) is 2. The van der Waals surface area contributed by atoms with Gasteiger partial charge in [-0.3, -0.25) is 9.79 Å². The highest BCUT2D eigenvalue weighted by Gasteiger charge is 2.19. The van der Waals surface area contributed by atoms with Gasteiger partial charge in [0, 0.05) is 17.5 Å². The van der Waals surface area contributed by atoms with Crippen LogP contribution in [-0.4, -0.2) is 33.9 Å². The average Bonchev–Trinajstić information content (AvgIpc) is 2.56. The molecule has 0 aromatic heterocycles. The van der Waals surface area contributed by atoms with Crippen molar-refractivity contribution in [1.82, 2.24) is 0 Å². The smallest absolute Gasteiger partial charge is 0.328 e. The summed E-state index contributed by atoms with van der Waals surface area (Å²) >= 11 is 0. The fourth-order valence-electron chi connectivity index (χ4n) is 2.17. The maximum Gasteiger partial charge on any atom is 0.328 e. The molecule has 0 aliphatic rings. The normalized spacial score (nSPS) is 11.5. The first-order chi connectivity index (χ1) is 11.1. The van der Waals surface area contributed by atoms with Gasteiger partial charge >= 0.3 is 11.9 Å². The Kier molecular flexibility index (Phi) is 5.63. The van der Waals surface area contributed by atoms with E-state index in [1.165, 1.54) is 0 Å². The lowest BCUT2D eigenvalue weighted by molar-refractivity contribution is -0.139. The van der Waals surface area contributed by atoms with Gasteiger partial charge < -0.3 is 10.2 Å². The number of benzene rings is 2. The van der Waals surface area contributed by atoms with Crippen LogP contribution < -0.4 is 0 Å². The molecule has 0 heterocycles. The van der Waals surface area contributed by atoms with Crippen LogP contribution in [0, 0.1) is 0 Å². The van der Waals surface area contributed by atoms with E-state index in [-0.39, 0.29) is 12.8 Å². The second-order valence-corrected chi connectivity index (χ2v) is 5.00. The average molecular weight is 311 g/mol. The molecule has 0 amide bonds. The van der Waals surface area contributed by atoms with E-state index < -0.39 is 18.0 Å². The molecule has 5 heteroatoms. The minimum Gasteiger partial charge on any atom is -0.481 e.